The molecule has 0 saturated heterocycles. The number of anilines is 1. The second kappa shape index (κ2) is 7.06. The lowest BCUT2D eigenvalue weighted by Gasteiger charge is -2.23. The zero-order valence-electron chi connectivity index (χ0n) is 15.7. The van der Waals surface area contributed by atoms with Crippen molar-refractivity contribution in [3.05, 3.63) is 75.3 Å². The number of aryl methyl sites for hydroxylation is 3. The summed E-state index contributed by atoms with van der Waals surface area (Å²) in [7, 11) is 0. The average molecular weight is 428 g/mol. The number of rotatable bonds is 5. The number of hydrogen-bond acceptors (Lipinski definition) is 3. The average Bonchev–Trinajstić information content (AvgIpc) is 2.76. The fourth-order valence-electron chi connectivity index (χ4n) is 3.94. The van der Waals surface area contributed by atoms with Crippen LogP contribution in [0.15, 0.2) is 47.5 Å². The van der Waals surface area contributed by atoms with E-state index in [1.165, 1.54) is 4.90 Å². The third kappa shape index (κ3) is 3.26. The molecular weight excluding hydrogens is 406 g/mol. The Labute approximate surface area is 167 Å². The Morgan fingerprint density at radius 1 is 1.22 bits per heavy atom. The summed E-state index contributed by atoms with van der Waals surface area (Å²) in [6.07, 6.45) is 1.30. The molecule has 0 fully saturated rings. The molecule has 27 heavy (non-hydrogen) atoms. The minimum atomic E-state index is -1.89. The van der Waals surface area contributed by atoms with Crippen molar-refractivity contribution >= 4 is 33.3 Å². The van der Waals surface area contributed by atoms with E-state index in [1.54, 1.807) is 18.2 Å². The summed E-state index contributed by atoms with van der Waals surface area (Å²) in [4.78, 5) is 27.6. The third-order valence-electron chi connectivity index (χ3n) is 4.98. The van der Waals surface area contributed by atoms with Gasteiger partial charge in [0.15, 0.2) is 11.4 Å². The van der Waals surface area contributed by atoms with Crippen molar-refractivity contribution in [2.75, 3.05) is 11.4 Å². The maximum Gasteiger partial charge on any atom is 0.264 e. The minimum absolute atomic E-state index is 0.243. The Kier molecular flexibility index (Phi) is 5.10. The molecule has 1 amide bonds. The van der Waals surface area contributed by atoms with E-state index >= 15 is 0 Å². The molecule has 0 aromatic heterocycles. The molecule has 1 N–H and O–H groups in total. The highest BCUT2D eigenvalue weighted by atomic mass is 79.9. The van der Waals surface area contributed by atoms with E-state index in [-0.39, 0.29) is 18.7 Å². The number of benzene rings is 2. The van der Waals surface area contributed by atoms with Crippen molar-refractivity contribution in [1.29, 1.82) is 0 Å². The molecule has 0 saturated carbocycles. The highest BCUT2D eigenvalue weighted by molar-refractivity contribution is 9.10. The molecule has 4 nitrogen and oxygen atoms in total. The van der Waals surface area contributed by atoms with Crippen LogP contribution >= 0.6 is 15.9 Å². The lowest BCUT2D eigenvalue weighted by Crippen LogP contribution is -2.42. The minimum Gasteiger partial charge on any atom is -0.375 e. The Hall–Kier alpha value is -2.24. The lowest BCUT2D eigenvalue weighted by molar-refractivity contribution is -0.135. The van der Waals surface area contributed by atoms with E-state index in [4.69, 9.17) is 0 Å². The zero-order valence-corrected chi connectivity index (χ0v) is 17.3. The summed E-state index contributed by atoms with van der Waals surface area (Å²) in [6.45, 7) is 9.69. The van der Waals surface area contributed by atoms with Crippen molar-refractivity contribution < 1.29 is 14.7 Å². The monoisotopic (exact) mass is 427 g/mol. The molecule has 0 radical (unpaired) electrons. The lowest BCUT2D eigenvalue weighted by atomic mass is 9.85. The summed E-state index contributed by atoms with van der Waals surface area (Å²) in [5.41, 5.74) is 2.51. The summed E-state index contributed by atoms with van der Waals surface area (Å²) in [5, 5.41) is 11.3. The van der Waals surface area contributed by atoms with Crippen LogP contribution in [0, 0.1) is 20.8 Å². The summed E-state index contributed by atoms with van der Waals surface area (Å²) in [5.74, 6) is -0.738. The number of aliphatic hydroxyl groups is 1. The Bertz CT molecular complexity index is 943. The van der Waals surface area contributed by atoms with Gasteiger partial charge in [-0.05, 0) is 50.1 Å². The maximum absolute atomic E-state index is 13.1. The summed E-state index contributed by atoms with van der Waals surface area (Å²) in [6, 6.07) is 9.17. The van der Waals surface area contributed by atoms with Crippen molar-refractivity contribution in [1.82, 2.24) is 0 Å². The maximum atomic E-state index is 13.1. The first kappa shape index (κ1) is 19.5. The highest BCUT2D eigenvalue weighted by Crippen LogP contribution is 2.44. The van der Waals surface area contributed by atoms with Gasteiger partial charge in [0.25, 0.3) is 5.91 Å². The first-order valence-corrected chi connectivity index (χ1v) is 9.54. The van der Waals surface area contributed by atoms with Gasteiger partial charge in [0.05, 0.1) is 12.1 Å². The molecule has 2 aromatic carbocycles. The molecule has 2 aromatic rings. The standard InChI is InChI=1S/C22H22BrNO3/c1-5-8-24-18-7-6-16(23)11-17(18)22(27,21(24)26)12-19(25)20-14(3)9-13(2)10-15(20)4/h5-7,9-11,27H,1,8,12H2,2-4H3/t22-/m1/s1. The molecule has 1 atom stereocenters. The number of ketones is 1. The van der Waals surface area contributed by atoms with Crippen LogP contribution in [-0.2, 0) is 10.4 Å². The first-order valence-electron chi connectivity index (χ1n) is 8.75. The van der Waals surface area contributed by atoms with Crippen LogP contribution < -0.4 is 4.90 Å². The molecule has 0 aliphatic carbocycles. The Morgan fingerprint density at radius 2 is 1.85 bits per heavy atom. The summed E-state index contributed by atoms with van der Waals surface area (Å²) < 4.78 is 0.739. The van der Waals surface area contributed by atoms with Crippen LogP contribution in [0.1, 0.15) is 39.0 Å². The zero-order chi connectivity index (χ0) is 19.9. The van der Waals surface area contributed by atoms with E-state index in [1.807, 2.05) is 39.0 Å². The normalized spacial score (nSPS) is 18.6. The van der Waals surface area contributed by atoms with Gasteiger partial charge in [-0.2, -0.15) is 0 Å². The quantitative estimate of drug-likeness (QED) is 0.569. The molecule has 1 aliphatic heterocycles. The van der Waals surface area contributed by atoms with E-state index in [9.17, 15) is 14.7 Å². The van der Waals surface area contributed by atoms with Crippen LogP contribution in [0.5, 0.6) is 0 Å². The van der Waals surface area contributed by atoms with Crippen LogP contribution in [0.3, 0.4) is 0 Å². The van der Waals surface area contributed by atoms with Gasteiger partial charge >= 0.3 is 0 Å². The molecule has 5 heteroatoms. The van der Waals surface area contributed by atoms with E-state index in [0.29, 0.717) is 16.8 Å². The number of fused-ring (bicyclic) bond motifs is 1. The second-order valence-corrected chi connectivity index (χ2v) is 8.02. The predicted octanol–water partition coefficient (Wildman–Crippen LogP) is 4.37. The molecule has 1 aliphatic rings. The molecule has 1 heterocycles. The van der Waals surface area contributed by atoms with Crippen molar-refractivity contribution in [3.8, 4) is 0 Å². The number of hydrogen-bond donors (Lipinski definition) is 1. The molecule has 0 bridgehead atoms. The number of halogens is 1. The van der Waals surface area contributed by atoms with Gasteiger partial charge in [-0.1, -0.05) is 39.7 Å². The molecular formula is C22H22BrNO3. The number of nitrogens with zero attached hydrogens (tertiary/aromatic N) is 1. The fraction of sp³-hybridized carbons (Fsp3) is 0.273. The Balaban J connectivity index is 2.06. The fourth-order valence-corrected chi connectivity index (χ4v) is 4.31. The summed E-state index contributed by atoms with van der Waals surface area (Å²) >= 11 is 3.39. The van der Waals surface area contributed by atoms with Crippen LogP contribution in [0.25, 0.3) is 0 Å². The van der Waals surface area contributed by atoms with Crippen molar-refractivity contribution in [3.63, 3.8) is 0 Å². The van der Waals surface area contributed by atoms with Gasteiger partial charge in [-0.3, -0.25) is 9.59 Å². The van der Waals surface area contributed by atoms with Gasteiger partial charge in [0.2, 0.25) is 0 Å². The molecule has 3 rings (SSSR count). The number of Topliss-reactive ketones (excluding diaryl/α,β-unsaturated/α-hetero) is 1. The van der Waals surface area contributed by atoms with Gasteiger partial charge in [0.1, 0.15) is 0 Å². The second-order valence-electron chi connectivity index (χ2n) is 7.10. The third-order valence-corrected chi connectivity index (χ3v) is 5.47. The van der Waals surface area contributed by atoms with Crippen LogP contribution in [-0.4, -0.2) is 23.3 Å². The topological polar surface area (TPSA) is 57.6 Å². The van der Waals surface area contributed by atoms with E-state index in [2.05, 4.69) is 22.5 Å². The highest BCUT2D eigenvalue weighted by Gasteiger charge is 2.50. The van der Waals surface area contributed by atoms with Crippen molar-refractivity contribution in [2.24, 2.45) is 0 Å². The number of amides is 1. The van der Waals surface area contributed by atoms with Gasteiger partial charge in [-0.25, -0.2) is 0 Å². The van der Waals surface area contributed by atoms with Gasteiger partial charge in [-0.15, -0.1) is 6.58 Å². The van der Waals surface area contributed by atoms with Crippen LogP contribution in [0.2, 0.25) is 0 Å². The first-order chi connectivity index (χ1) is 12.7. The van der Waals surface area contributed by atoms with Gasteiger partial charge < -0.3 is 10.0 Å². The van der Waals surface area contributed by atoms with Gasteiger partial charge in [0, 0.05) is 22.1 Å². The number of carbonyl (C=O) groups excluding carboxylic acids is 2. The molecule has 140 valence electrons. The van der Waals surface area contributed by atoms with Crippen LogP contribution in [0.4, 0.5) is 5.69 Å². The smallest absolute Gasteiger partial charge is 0.264 e. The predicted molar refractivity (Wildman–Crippen MR) is 110 cm³/mol. The molecule has 0 spiro atoms. The number of carbonyl (C=O) groups is 2. The largest absolute Gasteiger partial charge is 0.375 e. The molecule has 0 unspecified atom stereocenters. The SMILES string of the molecule is C=CCN1C(=O)[C@@](O)(CC(=O)c2c(C)cc(C)cc2C)c2cc(Br)ccc21. The Morgan fingerprint density at radius 3 is 2.44 bits per heavy atom. The van der Waals surface area contributed by atoms with Crippen molar-refractivity contribution in [2.45, 2.75) is 32.8 Å². The van der Waals surface area contributed by atoms with E-state index in [0.717, 1.165) is 21.2 Å². The van der Waals surface area contributed by atoms with E-state index < -0.39 is 11.5 Å².